The Morgan fingerprint density at radius 3 is 2.19 bits per heavy atom. The average Bonchev–Trinajstić information content (AvgIpc) is 3.17. The molecule has 0 saturated heterocycles. The number of hydrogen-bond acceptors (Lipinski definition) is 2. The minimum atomic E-state index is -0.106. The van der Waals surface area contributed by atoms with E-state index in [4.69, 9.17) is 0 Å². The quantitative estimate of drug-likeness (QED) is 0.721. The summed E-state index contributed by atoms with van der Waals surface area (Å²) >= 11 is 0. The molecule has 1 atom stereocenters. The Bertz CT molecular complexity index is 968. The largest absolute Gasteiger partial charge is 0.326 e. The van der Waals surface area contributed by atoms with E-state index in [0.29, 0.717) is 18.2 Å². The van der Waals surface area contributed by atoms with E-state index in [2.05, 4.69) is 86.4 Å². The van der Waals surface area contributed by atoms with Gasteiger partial charge in [0.25, 0.3) is 5.91 Å². The molecule has 0 radical (unpaired) electrons. The van der Waals surface area contributed by atoms with Crippen molar-refractivity contribution < 1.29 is 4.79 Å². The van der Waals surface area contributed by atoms with E-state index in [1.54, 1.807) is 0 Å². The minimum Gasteiger partial charge on any atom is -0.326 e. The zero-order valence-electron chi connectivity index (χ0n) is 16.3. The number of carbonyl (C=O) groups is 1. The highest BCUT2D eigenvalue weighted by atomic mass is 16.2. The van der Waals surface area contributed by atoms with Crippen LogP contribution in [0.3, 0.4) is 0 Å². The lowest BCUT2D eigenvalue weighted by molar-refractivity contribution is 0.0722. The maximum Gasteiger partial charge on any atom is 0.273 e. The van der Waals surface area contributed by atoms with Gasteiger partial charge in [-0.3, -0.25) is 9.89 Å². The number of H-pyrrole nitrogens is 1. The number of nitrogens with zero attached hydrogens (tertiary/aromatic N) is 2. The molecule has 4 rings (SSSR count). The summed E-state index contributed by atoms with van der Waals surface area (Å²) < 4.78 is 0. The fourth-order valence-electron chi connectivity index (χ4n) is 3.81. The first-order chi connectivity index (χ1) is 13.0. The summed E-state index contributed by atoms with van der Waals surface area (Å²) in [6, 6.07) is 16.7. The number of rotatable bonds is 4. The number of nitrogens with one attached hydrogen (secondary N) is 1. The van der Waals surface area contributed by atoms with Crippen molar-refractivity contribution in [2.24, 2.45) is 5.92 Å². The molecule has 2 aromatic carbocycles. The van der Waals surface area contributed by atoms with E-state index in [9.17, 15) is 4.79 Å². The Labute approximate surface area is 160 Å². The van der Waals surface area contributed by atoms with Gasteiger partial charge in [0, 0.05) is 17.7 Å². The van der Waals surface area contributed by atoms with Crippen LogP contribution in [-0.2, 0) is 0 Å². The van der Waals surface area contributed by atoms with Crippen molar-refractivity contribution in [3.05, 3.63) is 76.5 Å². The van der Waals surface area contributed by atoms with Gasteiger partial charge in [-0.2, -0.15) is 5.10 Å². The van der Waals surface area contributed by atoms with Gasteiger partial charge in [0.1, 0.15) is 5.69 Å². The van der Waals surface area contributed by atoms with Crippen LogP contribution < -0.4 is 0 Å². The van der Waals surface area contributed by atoms with Gasteiger partial charge in [0.05, 0.1) is 11.7 Å². The normalized spacial score (nSPS) is 16.3. The molecular formula is C23H25N3O. The second-order valence-electron chi connectivity index (χ2n) is 7.89. The summed E-state index contributed by atoms with van der Waals surface area (Å²) in [6.45, 7) is 9.15. The number of benzene rings is 2. The first-order valence-electron chi connectivity index (χ1n) is 9.48. The van der Waals surface area contributed by atoms with Crippen molar-refractivity contribution in [2.75, 3.05) is 6.54 Å². The predicted molar refractivity (Wildman–Crippen MR) is 108 cm³/mol. The molecule has 138 valence electrons. The highest BCUT2D eigenvalue weighted by Crippen LogP contribution is 2.43. The van der Waals surface area contributed by atoms with Crippen LogP contribution in [0.1, 0.15) is 52.6 Å². The van der Waals surface area contributed by atoms with Crippen LogP contribution in [0.5, 0.6) is 0 Å². The van der Waals surface area contributed by atoms with E-state index in [-0.39, 0.29) is 11.9 Å². The fourth-order valence-corrected chi connectivity index (χ4v) is 3.81. The number of carbonyl (C=O) groups excluding carboxylic acids is 1. The van der Waals surface area contributed by atoms with Crippen LogP contribution in [0.15, 0.2) is 48.5 Å². The van der Waals surface area contributed by atoms with E-state index >= 15 is 0 Å². The fraction of sp³-hybridized carbons (Fsp3) is 0.304. The van der Waals surface area contributed by atoms with Gasteiger partial charge >= 0.3 is 0 Å². The SMILES string of the molecule is Cc1ccc(-c2n[nH]c3c2C(c2ccc(C)cc2)N(CC(C)C)C3=O)cc1. The molecule has 1 aromatic heterocycles. The van der Waals surface area contributed by atoms with Crippen LogP contribution in [0.25, 0.3) is 11.3 Å². The van der Waals surface area contributed by atoms with Crippen molar-refractivity contribution in [2.45, 2.75) is 33.7 Å². The molecule has 0 spiro atoms. The summed E-state index contributed by atoms with van der Waals surface area (Å²) in [5.41, 5.74) is 7.07. The zero-order valence-corrected chi connectivity index (χ0v) is 16.3. The van der Waals surface area contributed by atoms with Gasteiger partial charge < -0.3 is 4.90 Å². The summed E-state index contributed by atoms with van der Waals surface area (Å²) in [7, 11) is 0. The van der Waals surface area contributed by atoms with Crippen LogP contribution in [0.2, 0.25) is 0 Å². The molecule has 1 amide bonds. The highest BCUT2D eigenvalue weighted by Gasteiger charge is 2.42. The molecule has 1 N–H and O–H groups in total. The third-order valence-corrected chi connectivity index (χ3v) is 5.14. The Balaban J connectivity index is 1.87. The predicted octanol–water partition coefficient (Wildman–Crippen LogP) is 4.89. The third kappa shape index (κ3) is 3.05. The number of amides is 1. The van der Waals surface area contributed by atoms with Crippen molar-refractivity contribution in [1.29, 1.82) is 0 Å². The van der Waals surface area contributed by atoms with Crippen LogP contribution in [-0.4, -0.2) is 27.5 Å². The maximum atomic E-state index is 13.1. The second-order valence-corrected chi connectivity index (χ2v) is 7.89. The summed E-state index contributed by atoms with van der Waals surface area (Å²) in [4.78, 5) is 15.1. The molecule has 2 heterocycles. The van der Waals surface area contributed by atoms with Gasteiger partial charge in [-0.15, -0.1) is 0 Å². The van der Waals surface area contributed by atoms with Crippen molar-refractivity contribution >= 4 is 5.91 Å². The molecule has 0 fully saturated rings. The van der Waals surface area contributed by atoms with Gasteiger partial charge in [0.15, 0.2) is 0 Å². The van der Waals surface area contributed by atoms with Crippen LogP contribution in [0, 0.1) is 19.8 Å². The number of fused-ring (bicyclic) bond motifs is 1. The topological polar surface area (TPSA) is 49.0 Å². The van der Waals surface area contributed by atoms with E-state index in [0.717, 1.165) is 22.4 Å². The molecular weight excluding hydrogens is 334 g/mol. The van der Waals surface area contributed by atoms with Crippen molar-refractivity contribution in [3.8, 4) is 11.3 Å². The smallest absolute Gasteiger partial charge is 0.273 e. The Morgan fingerprint density at radius 1 is 1.00 bits per heavy atom. The molecule has 4 heteroatoms. The van der Waals surface area contributed by atoms with E-state index in [1.807, 2.05) is 4.90 Å². The molecule has 0 saturated carbocycles. The highest BCUT2D eigenvalue weighted by molar-refractivity contribution is 6.00. The Hall–Kier alpha value is -2.88. The molecule has 0 aliphatic carbocycles. The zero-order chi connectivity index (χ0) is 19.1. The number of aromatic amines is 1. The molecule has 4 nitrogen and oxygen atoms in total. The van der Waals surface area contributed by atoms with Crippen LogP contribution >= 0.6 is 0 Å². The van der Waals surface area contributed by atoms with E-state index in [1.165, 1.54) is 11.1 Å². The lowest BCUT2D eigenvalue weighted by atomic mass is 9.95. The molecule has 3 aromatic rings. The Kier molecular flexibility index (Phi) is 4.34. The monoisotopic (exact) mass is 359 g/mol. The first-order valence-corrected chi connectivity index (χ1v) is 9.48. The standard InChI is InChI=1S/C23H25N3O/c1-14(2)13-26-22(18-11-7-16(4)8-12-18)19-20(24-25-21(19)23(26)27)17-9-5-15(3)6-10-17/h5-12,14,22H,13H2,1-4H3,(H,24,25). The summed E-state index contributed by atoms with van der Waals surface area (Å²) in [5.74, 6) is 0.428. The van der Waals surface area contributed by atoms with Gasteiger partial charge in [-0.25, -0.2) is 0 Å². The van der Waals surface area contributed by atoms with Gasteiger partial charge in [0.2, 0.25) is 0 Å². The lowest BCUT2D eigenvalue weighted by Gasteiger charge is -2.28. The molecule has 1 aliphatic heterocycles. The second kappa shape index (κ2) is 6.69. The molecule has 1 aliphatic rings. The van der Waals surface area contributed by atoms with Crippen molar-refractivity contribution in [3.63, 3.8) is 0 Å². The number of hydrogen-bond donors (Lipinski definition) is 1. The Morgan fingerprint density at radius 2 is 1.59 bits per heavy atom. The van der Waals surface area contributed by atoms with Crippen molar-refractivity contribution in [1.82, 2.24) is 15.1 Å². The summed E-state index contributed by atoms with van der Waals surface area (Å²) in [5, 5.41) is 7.54. The first kappa shape index (κ1) is 17.5. The average molecular weight is 359 g/mol. The van der Waals surface area contributed by atoms with Gasteiger partial charge in [-0.1, -0.05) is 73.5 Å². The number of aromatic nitrogens is 2. The van der Waals surface area contributed by atoms with Crippen LogP contribution in [0.4, 0.5) is 0 Å². The molecule has 27 heavy (non-hydrogen) atoms. The molecule has 0 bridgehead atoms. The maximum absolute atomic E-state index is 13.1. The van der Waals surface area contributed by atoms with Gasteiger partial charge in [-0.05, 0) is 25.3 Å². The molecule has 1 unspecified atom stereocenters. The minimum absolute atomic E-state index is 0.0372. The number of aryl methyl sites for hydroxylation is 2. The van der Waals surface area contributed by atoms with E-state index < -0.39 is 0 Å². The third-order valence-electron chi connectivity index (χ3n) is 5.14. The lowest BCUT2D eigenvalue weighted by Crippen LogP contribution is -2.32. The summed E-state index contributed by atoms with van der Waals surface area (Å²) in [6.07, 6.45) is 0.